The molecule has 0 atom stereocenters. The summed E-state index contributed by atoms with van der Waals surface area (Å²) in [5.41, 5.74) is 0. The second-order valence-electron chi connectivity index (χ2n) is 3.40. The third-order valence-electron chi connectivity index (χ3n) is 2.06. The van der Waals surface area contributed by atoms with Gasteiger partial charge in [-0.3, -0.25) is 9.69 Å². The van der Waals surface area contributed by atoms with Crippen LogP contribution in [-0.4, -0.2) is 37.1 Å². The van der Waals surface area contributed by atoms with Crippen molar-refractivity contribution < 1.29 is 9.53 Å². The molecular weight excluding hydrogens is 180 g/mol. The Morgan fingerprint density at radius 1 is 1.57 bits per heavy atom. The first-order valence-electron chi connectivity index (χ1n) is 4.79. The molecule has 0 N–H and O–H groups in total. The van der Waals surface area contributed by atoms with Crippen LogP contribution in [0.15, 0.2) is 0 Å². The molecule has 0 radical (unpaired) electrons. The van der Waals surface area contributed by atoms with Crippen LogP contribution in [0.3, 0.4) is 0 Å². The second-order valence-corrected chi connectivity index (χ2v) is 3.40. The highest BCUT2D eigenvalue weighted by Crippen LogP contribution is 2.01. The van der Waals surface area contributed by atoms with Crippen molar-refractivity contribution in [3.05, 3.63) is 0 Å². The van der Waals surface area contributed by atoms with Crippen LogP contribution >= 0.6 is 0 Å². The summed E-state index contributed by atoms with van der Waals surface area (Å²) in [7, 11) is 1.39. The minimum absolute atomic E-state index is 0.189. The average Bonchev–Trinajstić information content (AvgIpc) is 2.16. The van der Waals surface area contributed by atoms with Gasteiger partial charge in [-0.1, -0.05) is 0 Å². The fourth-order valence-corrected chi connectivity index (χ4v) is 1.14. The highest BCUT2D eigenvalue weighted by molar-refractivity contribution is 5.69. The van der Waals surface area contributed by atoms with E-state index in [0.29, 0.717) is 19.0 Å². The molecule has 4 heteroatoms. The molecule has 0 aliphatic heterocycles. The average molecular weight is 198 g/mol. The first kappa shape index (κ1) is 12.9. The smallest absolute Gasteiger partial charge is 0.305 e. The molecule has 0 aromatic rings. The molecule has 0 heterocycles. The zero-order chi connectivity index (χ0) is 11.0. The molecule has 0 fully saturated rings. The van der Waals surface area contributed by atoms with Crippen molar-refractivity contribution in [1.29, 1.82) is 5.26 Å². The predicted molar refractivity (Wildman–Crippen MR) is 53.6 cm³/mol. The van der Waals surface area contributed by atoms with Crippen LogP contribution in [0, 0.1) is 11.3 Å². The Bertz CT molecular complexity index is 209. The number of carbonyl (C=O) groups is 1. The van der Waals surface area contributed by atoms with Crippen molar-refractivity contribution >= 4 is 5.97 Å². The van der Waals surface area contributed by atoms with Gasteiger partial charge in [0.05, 0.1) is 19.7 Å². The lowest BCUT2D eigenvalue weighted by molar-refractivity contribution is -0.140. The second kappa shape index (κ2) is 7.34. The largest absolute Gasteiger partial charge is 0.469 e. The van der Waals surface area contributed by atoms with Gasteiger partial charge < -0.3 is 4.74 Å². The van der Waals surface area contributed by atoms with Gasteiger partial charge >= 0.3 is 5.97 Å². The Hall–Kier alpha value is -1.08. The molecule has 0 saturated carbocycles. The van der Waals surface area contributed by atoms with Crippen LogP contribution in [0.5, 0.6) is 0 Å². The van der Waals surface area contributed by atoms with E-state index in [1.807, 2.05) is 18.7 Å². The van der Waals surface area contributed by atoms with Gasteiger partial charge in [-0.05, 0) is 26.8 Å². The Morgan fingerprint density at radius 3 is 2.64 bits per heavy atom. The van der Waals surface area contributed by atoms with Crippen molar-refractivity contribution in [1.82, 2.24) is 4.90 Å². The number of ether oxygens (including phenoxy) is 1. The third kappa shape index (κ3) is 5.55. The van der Waals surface area contributed by atoms with Gasteiger partial charge in [-0.2, -0.15) is 5.26 Å². The highest BCUT2D eigenvalue weighted by atomic mass is 16.5. The van der Waals surface area contributed by atoms with Gasteiger partial charge in [-0.25, -0.2) is 0 Å². The maximum absolute atomic E-state index is 10.8. The molecule has 0 unspecified atom stereocenters. The van der Waals surface area contributed by atoms with Crippen LogP contribution in [0.1, 0.15) is 26.7 Å². The van der Waals surface area contributed by atoms with Gasteiger partial charge in [0.1, 0.15) is 0 Å². The van der Waals surface area contributed by atoms with Crippen LogP contribution in [0.2, 0.25) is 0 Å². The highest BCUT2D eigenvalue weighted by Gasteiger charge is 2.09. The fourth-order valence-electron chi connectivity index (χ4n) is 1.14. The van der Waals surface area contributed by atoms with E-state index in [0.717, 1.165) is 13.0 Å². The number of hydrogen-bond donors (Lipinski definition) is 0. The summed E-state index contributed by atoms with van der Waals surface area (Å²) in [4.78, 5) is 12.8. The summed E-state index contributed by atoms with van der Waals surface area (Å²) in [6, 6.07) is 2.45. The number of nitriles is 1. The lowest BCUT2D eigenvalue weighted by Crippen LogP contribution is -2.32. The van der Waals surface area contributed by atoms with Crippen LogP contribution in [-0.2, 0) is 9.53 Å². The zero-order valence-electron chi connectivity index (χ0n) is 9.12. The Morgan fingerprint density at radius 2 is 2.21 bits per heavy atom. The molecule has 0 rings (SSSR count). The molecule has 0 aromatic carbocycles. The van der Waals surface area contributed by atoms with Gasteiger partial charge in [0.15, 0.2) is 0 Å². The fraction of sp³-hybridized carbons (Fsp3) is 0.800. The van der Waals surface area contributed by atoms with Gasteiger partial charge in [-0.15, -0.1) is 0 Å². The molecule has 0 aliphatic rings. The minimum Gasteiger partial charge on any atom is -0.469 e. The quantitative estimate of drug-likeness (QED) is 0.475. The third-order valence-corrected chi connectivity index (χ3v) is 2.06. The van der Waals surface area contributed by atoms with E-state index in [1.54, 1.807) is 0 Å². The molecule has 4 nitrogen and oxygen atoms in total. The molecular formula is C10H18N2O2. The van der Waals surface area contributed by atoms with Gasteiger partial charge in [0.25, 0.3) is 0 Å². The summed E-state index contributed by atoms with van der Waals surface area (Å²) in [5, 5.41) is 8.56. The van der Waals surface area contributed by atoms with E-state index in [2.05, 4.69) is 10.8 Å². The number of hydrogen-bond acceptors (Lipinski definition) is 4. The molecule has 0 bridgehead atoms. The first-order valence-corrected chi connectivity index (χ1v) is 4.79. The number of esters is 1. The first-order chi connectivity index (χ1) is 6.61. The lowest BCUT2D eigenvalue weighted by Gasteiger charge is -2.22. The van der Waals surface area contributed by atoms with Crippen LogP contribution in [0.25, 0.3) is 0 Å². The number of rotatable bonds is 6. The summed E-state index contributed by atoms with van der Waals surface area (Å²) in [6.07, 6.45) is 1.16. The molecule has 0 aliphatic carbocycles. The Balaban J connectivity index is 3.72. The number of nitrogens with zero attached hydrogens (tertiary/aromatic N) is 2. The Kier molecular flexibility index (Phi) is 6.77. The van der Waals surface area contributed by atoms with Gasteiger partial charge in [0, 0.05) is 12.5 Å². The molecule has 14 heavy (non-hydrogen) atoms. The standard InChI is InChI=1S/C10H18N2O2/c1-9(2)12(8-6-11)7-4-5-10(13)14-3/h9H,4-5,7-8H2,1-3H3. The summed E-state index contributed by atoms with van der Waals surface area (Å²) >= 11 is 0. The van der Waals surface area contributed by atoms with Crippen molar-refractivity contribution in [3.63, 3.8) is 0 Å². The number of carbonyl (C=O) groups excluding carboxylic acids is 1. The maximum atomic E-state index is 10.8. The molecule has 0 aromatic heterocycles. The SMILES string of the molecule is COC(=O)CCCN(CC#N)C(C)C. The normalized spacial score (nSPS) is 10.3. The van der Waals surface area contributed by atoms with Crippen LogP contribution < -0.4 is 0 Å². The summed E-state index contributed by atoms with van der Waals surface area (Å²) < 4.78 is 4.53. The predicted octanol–water partition coefficient (Wildman–Crippen LogP) is 1.17. The summed E-state index contributed by atoms with van der Waals surface area (Å²) in [6.45, 7) is 5.25. The van der Waals surface area contributed by atoms with Gasteiger partial charge in [0.2, 0.25) is 0 Å². The lowest BCUT2D eigenvalue weighted by atomic mass is 10.2. The Labute approximate surface area is 85.5 Å². The van der Waals surface area contributed by atoms with E-state index in [-0.39, 0.29) is 5.97 Å². The maximum Gasteiger partial charge on any atom is 0.305 e. The molecule has 80 valence electrons. The van der Waals surface area contributed by atoms with Crippen molar-refractivity contribution in [3.8, 4) is 6.07 Å². The van der Waals surface area contributed by atoms with Crippen molar-refractivity contribution in [2.75, 3.05) is 20.2 Å². The van der Waals surface area contributed by atoms with E-state index in [9.17, 15) is 4.79 Å². The molecule has 0 spiro atoms. The van der Waals surface area contributed by atoms with Crippen molar-refractivity contribution in [2.24, 2.45) is 0 Å². The summed E-state index contributed by atoms with van der Waals surface area (Å²) in [5.74, 6) is -0.189. The van der Waals surface area contributed by atoms with Crippen LogP contribution in [0.4, 0.5) is 0 Å². The number of methoxy groups -OCH3 is 1. The van der Waals surface area contributed by atoms with E-state index >= 15 is 0 Å². The van der Waals surface area contributed by atoms with E-state index < -0.39 is 0 Å². The van der Waals surface area contributed by atoms with E-state index in [4.69, 9.17) is 5.26 Å². The molecule has 0 amide bonds. The van der Waals surface area contributed by atoms with E-state index in [1.165, 1.54) is 7.11 Å². The monoisotopic (exact) mass is 198 g/mol. The molecule has 0 saturated heterocycles. The zero-order valence-corrected chi connectivity index (χ0v) is 9.12. The topological polar surface area (TPSA) is 53.3 Å². The minimum atomic E-state index is -0.189. The van der Waals surface area contributed by atoms with Crippen molar-refractivity contribution in [2.45, 2.75) is 32.7 Å².